The van der Waals surface area contributed by atoms with Crippen LogP contribution in [0.4, 0.5) is 0 Å². The predicted octanol–water partition coefficient (Wildman–Crippen LogP) is 1.80. The molecule has 94 valence electrons. The number of esters is 1. The van der Waals surface area contributed by atoms with Crippen molar-refractivity contribution in [2.45, 2.75) is 26.2 Å². The topological polar surface area (TPSA) is 67.2 Å². The maximum Gasteiger partial charge on any atom is 0.310 e. The normalized spacial score (nSPS) is 9.56. The summed E-state index contributed by atoms with van der Waals surface area (Å²) in [6.45, 7) is 2.08. The van der Waals surface area contributed by atoms with Crippen LogP contribution in [0.1, 0.15) is 30.0 Å². The summed E-state index contributed by atoms with van der Waals surface area (Å²) in [7, 11) is 0. The molecule has 0 N–H and O–H groups in total. The van der Waals surface area contributed by atoms with E-state index in [4.69, 9.17) is 10.00 Å². The van der Waals surface area contributed by atoms with E-state index in [2.05, 4.69) is 0 Å². The average molecular weight is 245 g/mol. The summed E-state index contributed by atoms with van der Waals surface area (Å²) in [6, 6.07) is 7.19. The molecular formula is C14H15NO3. The van der Waals surface area contributed by atoms with Crippen LogP contribution in [0.25, 0.3) is 0 Å². The zero-order valence-corrected chi connectivity index (χ0v) is 10.3. The van der Waals surface area contributed by atoms with Gasteiger partial charge in [-0.1, -0.05) is 6.07 Å². The van der Waals surface area contributed by atoms with Crippen LogP contribution in [-0.2, 0) is 27.2 Å². The van der Waals surface area contributed by atoms with Crippen molar-refractivity contribution in [2.75, 3.05) is 6.61 Å². The molecule has 0 unspecified atom stereocenters. The van der Waals surface area contributed by atoms with Gasteiger partial charge in [0.1, 0.15) is 6.29 Å². The molecule has 4 nitrogen and oxygen atoms in total. The van der Waals surface area contributed by atoms with Gasteiger partial charge in [0.05, 0.1) is 24.7 Å². The van der Waals surface area contributed by atoms with Gasteiger partial charge in [-0.15, -0.1) is 0 Å². The highest BCUT2D eigenvalue weighted by atomic mass is 16.5. The summed E-state index contributed by atoms with van der Waals surface area (Å²) in [5, 5.41) is 8.84. The van der Waals surface area contributed by atoms with E-state index in [1.165, 1.54) is 0 Å². The van der Waals surface area contributed by atoms with Crippen LogP contribution in [0.3, 0.4) is 0 Å². The fourth-order valence-electron chi connectivity index (χ4n) is 1.69. The van der Waals surface area contributed by atoms with Gasteiger partial charge < -0.3 is 9.53 Å². The number of hydrogen-bond acceptors (Lipinski definition) is 4. The molecule has 0 bridgehead atoms. The van der Waals surface area contributed by atoms with Crippen molar-refractivity contribution in [2.24, 2.45) is 0 Å². The Balaban J connectivity index is 2.92. The largest absolute Gasteiger partial charge is 0.466 e. The van der Waals surface area contributed by atoms with Gasteiger partial charge in [-0.05, 0) is 36.6 Å². The maximum atomic E-state index is 11.5. The molecule has 0 fully saturated rings. The molecule has 0 radical (unpaired) electrons. The molecule has 1 aromatic carbocycles. The van der Waals surface area contributed by atoms with Gasteiger partial charge in [0.25, 0.3) is 0 Å². The molecular weight excluding hydrogens is 230 g/mol. The molecule has 0 aliphatic heterocycles. The summed E-state index contributed by atoms with van der Waals surface area (Å²) < 4.78 is 4.89. The van der Waals surface area contributed by atoms with Crippen molar-refractivity contribution in [3.8, 4) is 6.07 Å². The highest BCUT2D eigenvalue weighted by Gasteiger charge is 2.09. The Bertz CT molecular complexity index is 474. The zero-order valence-electron chi connectivity index (χ0n) is 10.3. The van der Waals surface area contributed by atoms with E-state index in [1.54, 1.807) is 25.1 Å². The first-order valence-corrected chi connectivity index (χ1v) is 5.82. The molecule has 0 aromatic heterocycles. The van der Waals surface area contributed by atoms with E-state index in [-0.39, 0.29) is 12.4 Å². The second kappa shape index (κ2) is 7.23. The van der Waals surface area contributed by atoms with Crippen LogP contribution in [0, 0.1) is 11.3 Å². The lowest BCUT2D eigenvalue weighted by Gasteiger charge is -2.08. The predicted molar refractivity (Wildman–Crippen MR) is 65.9 cm³/mol. The van der Waals surface area contributed by atoms with Crippen molar-refractivity contribution in [3.63, 3.8) is 0 Å². The van der Waals surface area contributed by atoms with Crippen LogP contribution in [-0.4, -0.2) is 18.9 Å². The molecule has 0 heterocycles. The second-order valence-corrected chi connectivity index (χ2v) is 3.78. The van der Waals surface area contributed by atoms with Gasteiger partial charge in [0.2, 0.25) is 0 Å². The highest BCUT2D eigenvalue weighted by Crippen LogP contribution is 2.15. The van der Waals surface area contributed by atoms with E-state index in [0.29, 0.717) is 25.0 Å². The van der Waals surface area contributed by atoms with Gasteiger partial charge in [-0.3, -0.25) is 4.79 Å². The van der Waals surface area contributed by atoms with Gasteiger partial charge in [0, 0.05) is 6.42 Å². The van der Waals surface area contributed by atoms with Gasteiger partial charge in [-0.2, -0.15) is 5.26 Å². The minimum Gasteiger partial charge on any atom is -0.466 e. The molecule has 1 rings (SSSR count). The molecule has 4 heteroatoms. The molecule has 18 heavy (non-hydrogen) atoms. The van der Waals surface area contributed by atoms with E-state index in [0.717, 1.165) is 17.4 Å². The van der Waals surface area contributed by atoms with Crippen LogP contribution in [0.5, 0.6) is 0 Å². The summed E-state index contributed by atoms with van der Waals surface area (Å²) in [4.78, 5) is 21.9. The maximum absolute atomic E-state index is 11.5. The fraction of sp³-hybridized carbons (Fsp3) is 0.357. The number of nitrogens with zero attached hydrogens (tertiary/aromatic N) is 1. The number of nitriles is 1. The summed E-state index contributed by atoms with van der Waals surface area (Å²) in [5.74, 6) is -0.319. The number of aldehydes is 1. The molecule has 0 spiro atoms. The van der Waals surface area contributed by atoms with Gasteiger partial charge in [0.15, 0.2) is 0 Å². The van der Waals surface area contributed by atoms with Crippen LogP contribution >= 0.6 is 0 Å². The Hall–Kier alpha value is -2.15. The molecule has 0 aliphatic rings. The van der Waals surface area contributed by atoms with Crippen molar-refractivity contribution >= 4 is 12.3 Å². The first-order chi connectivity index (χ1) is 8.71. The molecule has 0 atom stereocenters. The lowest BCUT2D eigenvalue weighted by molar-refractivity contribution is -0.142. The zero-order chi connectivity index (χ0) is 13.4. The lowest BCUT2D eigenvalue weighted by Crippen LogP contribution is -2.09. The third-order valence-corrected chi connectivity index (χ3v) is 2.51. The monoisotopic (exact) mass is 245 g/mol. The highest BCUT2D eigenvalue weighted by molar-refractivity contribution is 5.73. The Morgan fingerprint density at radius 2 is 2.22 bits per heavy atom. The third-order valence-electron chi connectivity index (χ3n) is 2.51. The Kier molecular flexibility index (Phi) is 5.59. The number of benzene rings is 1. The van der Waals surface area contributed by atoms with Crippen molar-refractivity contribution in [3.05, 3.63) is 34.9 Å². The molecule has 0 saturated heterocycles. The number of carbonyl (C=O) groups is 2. The molecule has 0 saturated carbocycles. The smallest absolute Gasteiger partial charge is 0.310 e. The van der Waals surface area contributed by atoms with Crippen molar-refractivity contribution in [1.29, 1.82) is 5.26 Å². The van der Waals surface area contributed by atoms with Gasteiger partial charge in [-0.25, -0.2) is 0 Å². The first-order valence-electron chi connectivity index (χ1n) is 5.82. The minimum absolute atomic E-state index is 0.136. The first kappa shape index (κ1) is 13.9. The number of hydrogen-bond donors (Lipinski definition) is 0. The average Bonchev–Trinajstić information content (AvgIpc) is 2.37. The Labute approximate surface area is 106 Å². The number of carbonyl (C=O) groups excluding carboxylic acids is 2. The van der Waals surface area contributed by atoms with Crippen LogP contribution < -0.4 is 0 Å². The summed E-state index contributed by atoms with van der Waals surface area (Å²) in [6.07, 6.45) is 1.95. The van der Waals surface area contributed by atoms with E-state index in [1.807, 2.05) is 6.07 Å². The van der Waals surface area contributed by atoms with Crippen LogP contribution in [0.15, 0.2) is 18.2 Å². The Morgan fingerprint density at radius 1 is 1.44 bits per heavy atom. The molecule has 0 amide bonds. The summed E-state index contributed by atoms with van der Waals surface area (Å²) in [5.41, 5.74) is 2.17. The third kappa shape index (κ3) is 4.02. The van der Waals surface area contributed by atoms with Crippen LogP contribution in [0.2, 0.25) is 0 Å². The van der Waals surface area contributed by atoms with Gasteiger partial charge >= 0.3 is 5.97 Å². The number of aryl methyl sites for hydroxylation is 1. The van der Waals surface area contributed by atoms with E-state index >= 15 is 0 Å². The minimum atomic E-state index is -0.319. The Morgan fingerprint density at radius 3 is 2.83 bits per heavy atom. The van der Waals surface area contributed by atoms with Crippen molar-refractivity contribution in [1.82, 2.24) is 0 Å². The fourth-order valence-corrected chi connectivity index (χ4v) is 1.69. The SMILES string of the molecule is CCOC(=O)Cc1cc(C#N)ccc1CCC=O. The quantitative estimate of drug-likeness (QED) is 0.566. The molecule has 0 aliphatic carbocycles. The van der Waals surface area contributed by atoms with E-state index in [9.17, 15) is 9.59 Å². The number of ether oxygens (including phenoxy) is 1. The lowest BCUT2D eigenvalue weighted by atomic mass is 9.98. The second-order valence-electron chi connectivity index (χ2n) is 3.78. The number of rotatable bonds is 6. The van der Waals surface area contributed by atoms with Crippen molar-refractivity contribution < 1.29 is 14.3 Å². The van der Waals surface area contributed by atoms with E-state index < -0.39 is 0 Å². The molecule has 1 aromatic rings. The summed E-state index contributed by atoms with van der Waals surface area (Å²) >= 11 is 0. The standard InChI is InChI=1S/C14H15NO3/c1-2-18-14(17)9-13-8-11(10-15)5-6-12(13)4-3-7-16/h5-8H,2-4,9H2,1H3.